The molecule has 0 saturated carbocycles. The first-order valence-corrected chi connectivity index (χ1v) is 7.13. The van der Waals surface area contributed by atoms with E-state index in [1.54, 1.807) is 0 Å². The van der Waals surface area contributed by atoms with Gasteiger partial charge in [-0.2, -0.15) is 0 Å². The summed E-state index contributed by atoms with van der Waals surface area (Å²) in [5, 5.41) is 13.8. The summed E-state index contributed by atoms with van der Waals surface area (Å²) in [4.78, 5) is 12.3. The van der Waals surface area contributed by atoms with Crippen LogP contribution in [0.2, 0.25) is 0 Å². The third kappa shape index (κ3) is 3.11. The first-order valence-electron chi connectivity index (χ1n) is 7.13. The number of hydrogen-bond acceptors (Lipinski definition) is 5. The van der Waals surface area contributed by atoms with E-state index in [1.165, 1.54) is 6.39 Å². The molecule has 2 aromatic rings. The number of aromatic nitrogens is 2. The summed E-state index contributed by atoms with van der Waals surface area (Å²) in [6.45, 7) is 3.70. The quantitative estimate of drug-likeness (QED) is 0.902. The third-order valence-corrected chi connectivity index (χ3v) is 3.77. The molecule has 1 aromatic carbocycles. The van der Waals surface area contributed by atoms with Crippen LogP contribution in [0.3, 0.4) is 0 Å². The number of amides is 1. The minimum absolute atomic E-state index is 0.0326. The number of nitrogens with zero attached hydrogens (tertiary/aromatic N) is 2. The lowest BCUT2D eigenvalue weighted by molar-refractivity contribution is -0.120. The molecule has 1 aromatic heterocycles. The van der Waals surface area contributed by atoms with Gasteiger partial charge in [0, 0.05) is 17.8 Å². The summed E-state index contributed by atoms with van der Waals surface area (Å²) in [6, 6.07) is 5.71. The smallest absolute Gasteiger partial charge is 0.247 e. The normalized spacial score (nSPS) is 18.4. The number of hydrogen-bond donors (Lipinski definition) is 2. The second-order valence-corrected chi connectivity index (χ2v) is 5.31. The average Bonchev–Trinajstić information content (AvgIpc) is 3.04. The molecule has 21 heavy (non-hydrogen) atoms. The summed E-state index contributed by atoms with van der Waals surface area (Å²) in [7, 11) is 0. The summed E-state index contributed by atoms with van der Waals surface area (Å²) in [5.74, 6) is 0.544. The Bertz CT molecular complexity index is 619. The molecule has 1 aliphatic rings. The van der Waals surface area contributed by atoms with Crippen LogP contribution in [-0.2, 0) is 4.79 Å². The standard InChI is InChI=1S/C15H18N4O2/c1-10-4-5-11(15-19-17-9-21-15)7-13(10)18-14(20)12-3-2-6-16-8-12/h4-5,7,9,12,16H,2-3,6,8H2,1H3,(H,18,20)/t12-/m0/s1. The molecule has 110 valence electrons. The van der Waals surface area contributed by atoms with E-state index in [9.17, 15) is 4.79 Å². The van der Waals surface area contributed by atoms with Crippen molar-refractivity contribution >= 4 is 11.6 Å². The van der Waals surface area contributed by atoms with Crippen molar-refractivity contribution in [1.29, 1.82) is 0 Å². The lowest BCUT2D eigenvalue weighted by Gasteiger charge is -2.22. The Morgan fingerprint density at radius 1 is 1.48 bits per heavy atom. The van der Waals surface area contributed by atoms with Crippen LogP contribution in [0.1, 0.15) is 18.4 Å². The van der Waals surface area contributed by atoms with Crippen LogP contribution in [0, 0.1) is 12.8 Å². The van der Waals surface area contributed by atoms with E-state index in [2.05, 4.69) is 20.8 Å². The Hall–Kier alpha value is -2.21. The summed E-state index contributed by atoms with van der Waals surface area (Å²) in [5.41, 5.74) is 2.60. The fraction of sp³-hybridized carbons (Fsp3) is 0.400. The van der Waals surface area contributed by atoms with Crippen molar-refractivity contribution in [2.45, 2.75) is 19.8 Å². The van der Waals surface area contributed by atoms with E-state index >= 15 is 0 Å². The molecule has 3 rings (SSSR count). The molecule has 0 unspecified atom stereocenters. The second-order valence-electron chi connectivity index (χ2n) is 5.31. The number of carbonyl (C=O) groups excluding carboxylic acids is 1. The number of rotatable bonds is 3. The monoisotopic (exact) mass is 286 g/mol. The SMILES string of the molecule is Cc1ccc(-c2nnco2)cc1NC(=O)[C@H]1CCCNC1. The van der Waals surface area contributed by atoms with E-state index in [0.29, 0.717) is 5.89 Å². The molecule has 1 fully saturated rings. The minimum atomic E-state index is 0.0326. The molecule has 6 heteroatoms. The largest absolute Gasteiger partial charge is 0.423 e. The summed E-state index contributed by atoms with van der Waals surface area (Å²) >= 11 is 0. The number of benzene rings is 1. The highest BCUT2D eigenvalue weighted by molar-refractivity contribution is 5.94. The number of piperidine rings is 1. The molecule has 1 aliphatic heterocycles. The minimum Gasteiger partial charge on any atom is -0.423 e. The van der Waals surface area contributed by atoms with Gasteiger partial charge in [0.1, 0.15) is 0 Å². The topological polar surface area (TPSA) is 80.1 Å². The van der Waals surface area contributed by atoms with E-state index in [1.807, 2.05) is 25.1 Å². The van der Waals surface area contributed by atoms with Crippen LogP contribution in [0.15, 0.2) is 29.0 Å². The van der Waals surface area contributed by atoms with E-state index in [0.717, 1.165) is 42.7 Å². The molecule has 1 amide bonds. The lowest BCUT2D eigenvalue weighted by atomic mass is 9.98. The van der Waals surface area contributed by atoms with Crippen molar-refractivity contribution < 1.29 is 9.21 Å². The predicted molar refractivity (Wildman–Crippen MR) is 78.7 cm³/mol. The Labute approximate surface area is 123 Å². The van der Waals surface area contributed by atoms with Crippen LogP contribution < -0.4 is 10.6 Å². The number of nitrogens with one attached hydrogen (secondary N) is 2. The summed E-state index contributed by atoms with van der Waals surface area (Å²) < 4.78 is 5.19. The molecule has 1 saturated heterocycles. The van der Waals surface area contributed by atoms with Gasteiger partial charge in [0.2, 0.25) is 18.2 Å². The van der Waals surface area contributed by atoms with Gasteiger partial charge in [0.05, 0.1) is 5.92 Å². The van der Waals surface area contributed by atoms with Gasteiger partial charge < -0.3 is 15.1 Å². The zero-order chi connectivity index (χ0) is 14.7. The van der Waals surface area contributed by atoms with Crippen LogP contribution in [0.25, 0.3) is 11.5 Å². The number of anilines is 1. The third-order valence-electron chi connectivity index (χ3n) is 3.77. The first-order chi connectivity index (χ1) is 10.2. The molecule has 0 bridgehead atoms. The molecule has 0 radical (unpaired) electrons. The highest BCUT2D eigenvalue weighted by Crippen LogP contribution is 2.24. The van der Waals surface area contributed by atoms with Crippen molar-refractivity contribution in [3.05, 3.63) is 30.2 Å². The molecular weight excluding hydrogens is 268 g/mol. The van der Waals surface area contributed by atoms with Crippen LogP contribution >= 0.6 is 0 Å². The van der Waals surface area contributed by atoms with E-state index in [4.69, 9.17) is 4.42 Å². The maximum absolute atomic E-state index is 12.3. The molecule has 0 aliphatic carbocycles. The fourth-order valence-corrected chi connectivity index (χ4v) is 2.50. The Balaban J connectivity index is 1.78. The highest BCUT2D eigenvalue weighted by atomic mass is 16.4. The number of aryl methyl sites for hydroxylation is 1. The van der Waals surface area contributed by atoms with Gasteiger partial charge in [-0.15, -0.1) is 10.2 Å². The van der Waals surface area contributed by atoms with Gasteiger partial charge in [0.15, 0.2) is 0 Å². The van der Waals surface area contributed by atoms with E-state index < -0.39 is 0 Å². The van der Waals surface area contributed by atoms with Crippen LogP contribution in [0.4, 0.5) is 5.69 Å². The lowest BCUT2D eigenvalue weighted by Crippen LogP contribution is -2.37. The second kappa shape index (κ2) is 6.05. The Kier molecular flexibility index (Phi) is 3.96. The van der Waals surface area contributed by atoms with Gasteiger partial charge in [-0.3, -0.25) is 4.79 Å². The predicted octanol–water partition coefficient (Wildman–Crippen LogP) is 1.98. The maximum Gasteiger partial charge on any atom is 0.247 e. The van der Waals surface area contributed by atoms with Crippen molar-refractivity contribution in [3.8, 4) is 11.5 Å². The highest BCUT2D eigenvalue weighted by Gasteiger charge is 2.21. The maximum atomic E-state index is 12.3. The molecule has 2 N–H and O–H groups in total. The van der Waals surface area contributed by atoms with Gasteiger partial charge >= 0.3 is 0 Å². The van der Waals surface area contributed by atoms with Crippen molar-refractivity contribution in [3.63, 3.8) is 0 Å². The molecule has 2 heterocycles. The van der Waals surface area contributed by atoms with E-state index in [-0.39, 0.29) is 11.8 Å². The molecular formula is C15H18N4O2. The average molecular weight is 286 g/mol. The van der Waals surface area contributed by atoms with Crippen molar-refractivity contribution in [2.24, 2.45) is 5.92 Å². The van der Waals surface area contributed by atoms with Crippen molar-refractivity contribution in [2.75, 3.05) is 18.4 Å². The van der Waals surface area contributed by atoms with Gasteiger partial charge in [-0.1, -0.05) is 6.07 Å². The Morgan fingerprint density at radius 2 is 2.38 bits per heavy atom. The fourth-order valence-electron chi connectivity index (χ4n) is 2.50. The Morgan fingerprint density at radius 3 is 3.10 bits per heavy atom. The summed E-state index contributed by atoms with van der Waals surface area (Å²) in [6.07, 6.45) is 3.27. The van der Waals surface area contributed by atoms with Crippen LogP contribution in [-0.4, -0.2) is 29.2 Å². The molecule has 0 spiro atoms. The van der Waals surface area contributed by atoms with Gasteiger partial charge in [-0.25, -0.2) is 0 Å². The van der Waals surface area contributed by atoms with Gasteiger partial charge in [0.25, 0.3) is 0 Å². The van der Waals surface area contributed by atoms with Gasteiger partial charge in [-0.05, 0) is 44.0 Å². The zero-order valence-corrected chi connectivity index (χ0v) is 11.9. The van der Waals surface area contributed by atoms with Crippen LogP contribution in [0.5, 0.6) is 0 Å². The van der Waals surface area contributed by atoms with Crippen molar-refractivity contribution in [1.82, 2.24) is 15.5 Å². The zero-order valence-electron chi connectivity index (χ0n) is 11.9. The first kappa shape index (κ1) is 13.8. The molecule has 6 nitrogen and oxygen atoms in total. The molecule has 1 atom stereocenters. The number of carbonyl (C=O) groups is 1.